The minimum Gasteiger partial charge on any atom is -0.456 e. The molecule has 0 aliphatic carbocycles. The smallest absolute Gasteiger partial charge is 0.338 e. The third-order valence-corrected chi connectivity index (χ3v) is 2.25. The Morgan fingerprint density at radius 1 is 1.31 bits per heavy atom. The van der Waals surface area contributed by atoms with Crippen molar-refractivity contribution in [3.05, 3.63) is 11.4 Å². The van der Waals surface area contributed by atoms with Gasteiger partial charge in [0.2, 0.25) is 0 Å². The number of nitrogens with one attached hydrogen (secondary N) is 2. The Morgan fingerprint density at radius 3 is 2.38 bits per heavy atom. The average Bonchev–Trinajstić information content (AvgIpc) is 2.56. The number of hydrogen-bond acceptors (Lipinski definition) is 4. The maximum absolute atomic E-state index is 11.4. The second kappa shape index (κ2) is 2.65. The Labute approximate surface area is 77.3 Å². The highest BCUT2D eigenvalue weighted by Gasteiger charge is 2.38. The second-order valence-electron chi connectivity index (χ2n) is 4.03. The quantitative estimate of drug-likeness (QED) is 0.412. The van der Waals surface area contributed by atoms with Crippen LogP contribution in [0.1, 0.15) is 20.3 Å². The van der Waals surface area contributed by atoms with Crippen LogP contribution in [0.2, 0.25) is 0 Å². The highest BCUT2D eigenvalue weighted by molar-refractivity contribution is 5.91. The molecule has 0 atom stereocenters. The third kappa shape index (κ3) is 1.48. The molecule has 2 aliphatic heterocycles. The summed E-state index contributed by atoms with van der Waals surface area (Å²) in [6, 6.07) is 0. The molecule has 0 saturated carbocycles. The summed E-state index contributed by atoms with van der Waals surface area (Å²) < 4.78 is 5.20. The van der Waals surface area contributed by atoms with Crippen LogP contribution in [0.4, 0.5) is 0 Å². The third-order valence-electron chi connectivity index (χ3n) is 2.25. The second-order valence-corrected chi connectivity index (χ2v) is 4.03. The Kier molecular flexibility index (Phi) is 1.71. The molecule has 2 rings (SSSR count). The van der Waals surface area contributed by atoms with E-state index in [1.54, 1.807) is 0 Å². The molecule has 0 unspecified atom stereocenters. The minimum absolute atomic E-state index is 0.193. The van der Waals surface area contributed by atoms with Gasteiger partial charge in [-0.1, -0.05) is 0 Å². The summed E-state index contributed by atoms with van der Waals surface area (Å²) >= 11 is 0. The van der Waals surface area contributed by atoms with Crippen LogP contribution in [0.3, 0.4) is 0 Å². The monoisotopic (exact) mass is 182 g/mol. The van der Waals surface area contributed by atoms with Crippen molar-refractivity contribution in [2.45, 2.75) is 25.9 Å². The summed E-state index contributed by atoms with van der Waals surface area (Å²) in [5.41, 5.74) is 0.410. The largest absolute Gasteiger partial charge is 0.456 e. The van der Waals surface area contributed by atoms with Crippen LogP contribution in [0.15, 0.2) is 11.4 Å². The first-order valence-electron chi connectivity index (χ1n) is 4.53. The normalized spacial score (nSPS) is 25.5. The number of ether oxygens (including phenoxy) is 1. The van der Waals surface area contributed by atoms with E-state index < -0.39 is 0 Å². The molecular formula is C9H14N2O2. The summed E-state index contributed by atoms with van der Waals surface area (Å²) in [4.78, 5) is 11.4. The fourth-order valence-electron chi connectivity index (χ4n) is 1.69. The standard InChI is InChI=1S/C9H14N2O2/c1-9(2)5-6(8(12)13-9)7-10-3-4-11-7/h10-11H,3-5H2,1-2H3. The molecule has 2 fully saturated rings. The average molecular weight is 182 g/mol. The fraction of sp³-hybridized carbons (Fsp3) is 0.667. The van der Waals surface area contributed by atoms with Gasteiger partial charge in [0.15, 0.2) is 0 Å². The Hall–Kier alpha value is -1.19. The molecule has 2 aliphatic rings. The van der Waals surface area contributed by atoms with Gasteiger partial charge in [0.25, 0.3) is 0 Å². The predicted octanol–water partition coefficient (Wildman–Crippen LogP) is 0.116. The summed E-state index contributed by atoms with van der Waals surface area (Å²) in [6.07, 6.45) is 0.682. The fourth-order valence-corrected chi connectivity index (χ4v) is 1.69. The summed E-state index contributed by atoms with van der Waals surface area (Å²) in [5.74, 6) is 0.664. The molecule has 0 bridgehead atoms. The minimum atomic E-state index is -0.342. The van der Waals surface area contributed by atoms with Crippen LogP contribution in [-0.2, 0) is 9.53 Å². The van der Waals surface area contributed by atoms with Crippen LogP contribution in [-0.4, -0.2) is 24.7 Å². The molecule has 2 heterocycles. The van der Waals surface area contributed by atoms with E-state index in [1.807, 2.05) is 13.8 Å². The van der Waals surface area contributed by atoms with Crippen molar-refractivity contribution < 1.29 is 9.53 Å². The van der Waals surface area contributed by atoms with E-state index in [0.717, 1.165) is 24.5 Å². The molecular weight excluding hydrogens is 168 g/mol. The number of carbonyl (C=O) groups is 1. The molecule has 4 heteroatoms. The van der Waals surface area contributed by atoms with E-state index in [2.05, 4.69) is 10.6 Å². The molecule has 13 heavy (non-hydrogen) atoms. The van der Waals surface area contributed by atoms with E-state index in [4.69, 9.17) is 4.74 Å². The van der Waals surface area contributed by atoms with Gasteiger partial charge in [-0.25, -0.2) is 4.79 Å². The molecule has 0 radical (unpaired) electrons. The topological polar surface area (TPSA) is 50.4 Å². The number of esters is 1. The summed E-state index contributed by atoms with van der Waals surface area (Å²) in [6.45, 7) is 5.61. The lowest BCUT2D eigenvalue weighted by molar-refractivity contribution is -0.143. The van der Waals surface area contributed by atoms with Gasteiger partial charge < -0.3 is 15.4 Å². The Bertz CT molecular complexity index is 273. The SMILES string of the molecule is CC1(C)CC(=C2NCCN2)C(=O)O1. The molecule has 4 nitrogen and oxygen atoms in total. The van der Waals surface area contributed by atoms with Gasteiger partial charge in [0.05, 0.1) is 5.57 Å². The molecule has 2 N–H and O–H groups in total. The predicted molar refractivity (Wildman–Crippen MR) is 47.8 cm³/mol. The lowest BCUT2D eigenvalue weighted by Crippen LogP contribution is -2.17. The van der Waals surface area contributed by atoms with Crippen LogP contribution < -0.4 is 10.6 Å². The van der Waals surface area contributed by atoms with Crippen LogP contribution >= 0.6 is 0 Å². The van der Waals surface area contributed by atoms with Crippen molar-refractivity contribution in [1.29, 1.82) is 0 Å². The molecule has 0 spiro atoms. The molecule has 0 amide bonds. The summed E-state index contributed by atoms with van der Waals surface area (Å²) in [7, 11) is 0. The lowest BCUT2D eigenvalue weighted by Gasteiger charge is -2.13. The van der Waals surface area contributed by atoms with E-state index >= 15 is 0 Å². The van der Waals surface area contributed by atoms with Gasteiger partial charge in [-0.15, -0.1) is 0 Å². The van der Waals surface area contributed by atoms with Gasteiger partial charge in [-0.2, -0.15) is 0 Å². The van der Waals surface area contributed by atoms with Crippen LogP contribution in [0.25, 0.3) is 0 Å². The highest BCUT2D eigenvalue weighted by Crippen LogP contribution is 2.30. The van der Waals surface area contributed by atoms with Crippen molar-refractivity contribution in [3.8, 4) is 0 Å². The summed E-state index contributed by atoms with van der Waals surface area (Å²) in [5, 5.41) is 6.27. The lowest BCUT2D eigenvalue weighted by atomic mass is 10.0. The van der Waals surface area contributed by atoms with E-state index in [9.17, 15) is 4.79 Å². The van der Waals surface area contributed by atoms with Crippen LogP contribution in [0.5, 0.6) is 0 Å². The zero-order valence-electron chi connectivity index (χ0n) is 7.94. The molecule has 72 valence electrons. The zero-order valence-corrected chi connectivity index (χ0v) is 7.94. The van der Waals surface area contributed by atoms with Gasteiger partial charge in [0.1, 0.15) is 11.4 Å². The maximum Gasteiger partial charge on any atom is 0.338 e. The Morgan fingerprint density at radius 2 is 1.92 bits per heavy atom. The van der Waals surface area contributed by atoms with E-state index in [1.165, 1.54) is 0 Å². The highest BCUT2D eigenvalue weighted by atomic mass is 16.6. The van der Waals surface area contributed by atoms with E-state index in [-0.39, 0.29) is 11.6 Å². The van der Waals surface area contributed by atoms with Crippen molar-refractivity contribution >= 4 is 5.97 Å². The first kappa shape index (κ1) is 8.41. The number of cyclic esters (lactones) is 1. The van der Waals surface area contributed by atoms with Gasteiger partial charge in [-0.05, 0) is 13.8 Å². The van der Waals surface area contributed by atoms with Gasteiger partial charge in [0, 0.05) is 19.5 Å². The maximum atomic E-state index is 11.4. The Balaban J connectivity index is 2.25. The first-order valence-corrected chi connectivity index (χ1v) is 4.53. The van der Waals surface area contributed by atoms with Crippen molar-refractivity contribution in [1.82, 2.24) is 10.6 Å². The molecule has 0 aromatic carbocycles. The number of carbonyl (C=O) groups excluding carboxylic acids is 1. The first-order chi connectivity index (χ1) is 6.08. The number of rotatable bonds is 0. The molecule has 2 saturated heterocycles. The van der Waals surface area contributed by atoms with Crippen molar-refractivity contribution in [2.75, 3.05) is 13.1 Å². The molecule has 0 aromatic rings. The van der Waals surface area contributed by atoms with Crippen molar-refractivity contribution in [2.24, 2.45) is 0 Å². The van der Waals surface area contributed by atoms with Gasteiger partial charge >= 0.3 is 5.97 Å². The number of hydrogen-bond donors (Lipinski definition) is 2. The van der Waals surface area contributed by atoms with Crippen molar-refractivity contribution in [3.63, 3.8) is 0 Å². The molecule has 0 aromatic heterocycles. The zero-order chi connectivity index (χ0) is 9.47. The van der Waals surface area contributed by atoms with E-state index in [0.29, 0.717) is 6.42 Å². The van der Waals surface area contributed by atoms with Gasteiger partial charge in [-0.3, -0.25) is 0 Å². The van der Waals surface area contributed by atoms with Crippen LogP contribution in [0, 0.1) is 0 Å².